The van der Waals surface area contributed by atoms with E-state index in [-0.39, 0.29) is 56.6 Å². The first-order valence-electron chi connectivity index (χ1n) is 1.73. The van der Waals surface area contributed by atoms with Crippen molar-refractivity contribution in [2.75, 3.05) is 0 Å². The van der Waals surface area contributed by atoms with Crippen molar-refractivity contribution in [3.63, 3.8) is 0 Å². The topological polar surface area (TPSA) is 0 Å². The van der Waals surface area contributed by atoms with Crippen LogP contribution in [0.15, 0.2) is 18.2 Å². The fraction of sp³-hybridized carbons (Fsp3) is 0. The normalized spacial score (nSPS) is 5.33. The molecule has 0 atom stereocenters. The third kappa shape index (κ3) is 9.01. The first-order chi connectivity index (χ1) is 3.00. The Morgan fingerprint density at radius 2 is 0.778 bits per heavy atom. The van der Waals surface area contributed by atoms with Gasteiger partial charge in [0.2, 0.25) is 0 Å². The van der Waals surface area contributed by atoms with Crippen LogP contribution in [0.25, 0.3) is 0 Å². The number of hydrogen-bond acceptors (Lipinski definition) is 0. The molecule has 0 nitrogen and oxygen atoms in total. The van der Waals surface area contributed by atoms with Gasteiger partial charge in [0, 0.05) is 0 Å². The molecule has 1 aromatic rings. The van der Waals surface area contributed by atoms with Crippen LogP contribution in [0.2, 0.25) is 0 Å². The van der Waals surface area contributed by atoms with Crippen LogP contribution in [-0.2, 0) is 0 Å². The Labute approximate surface area is 92.3 Å². The van der Waals surface area contributed by atoms with Gasteiger partial charge in [0.15, 0.2) is 0 Å². The molecule has 9 heavy (non-hydrogen) atoms. The molecule has 0 amide bonds. The molecule has 1 aromatic carbocycles. The van der Waals surface area contributed by atoms with E-state index in [0.717, 1.165) is 0 Å². The second kappa shape index (κ2) is 11.8. The molecule has 0 spiro atoms. The summed E-state index contributed by atoms with van der Waals surface area (Å²) in [4.78, 5) is 0. The van der Waals surface area contributed by atoms with Crippen molar-refractivity contribution >= 4 is 0 Å². The van der Waals surface area contributed by atoms with Crippen molar-refractivity contribution in [3.05, 3.63) is 36.4 Å². The van der Waals surface area contributed by atoms with E-state index in [9.17, 15) is 0 Å². The van der Waals surface area contributed by atoms with E-state index in [2.05, 4.69) is 18.2 Å². The molecule has 0 saturated heterocycles. The molecule has 0 fully saturated rings. The maximum Gasteiger partial charge on any atom is 1.00 e. The quantitative estimate of drug-likeness (QED) is 0.222. The minimum absolute atomic E-state index is 0. The molecule has 0 radical (unpaired) electrons. The van der Waals surface area contributed by atoms with Crippen LogP contribution >= 0.6 is 0 Å². The SMILES string of the molecule is [Li+].[Li+].[Li+].[c-]1c[c-]c[c-]c1. The van der Waals surface area contributed by atoms with Crippen molar-refractivity contribution in [1.82, 2.24) is 0 Å². The Hall–Kier alpha value is 1.01. The van der Waals surface area contributed by atoms with E-state index in [0.29, 0.717) is 0 Å². The summed E-state index contributed by atoms with van der Waals surface area (Å²) in [6.07, 6.45) is 0. The molecule has 1 rings (SSSR count). The predicted octanol–water partition coefficient (Wildman–Crippen LogP) is -7.90. The second-order valence-electron chi connectivity index (χ2n) is 0.933. The summed E-state index contributed by atoms with van der Waals surface area (Å²) in [5, 5.41) is 0. The molecule has 0 heterocycles. The van der Waals surface area contributed by atoms with E-state index in [1.54, 1.807) is 18.2 Å². The summed E-state index contributed by atoms with van der Waals surface area (Å²) in [5.41, 5.74) is 0. The summed E-state index contributed by atoms with van der Waals surface area (Å²) >= 11 is 0. The van der Waals surface area contributed by atoms with Crippen molar-refractivity contribution in [1.29, 1.82) is 0 Å². The third-order valence-electron chi connectivity index (χ3n) is 0.500. The Morgan fingerprint density at radius 3 is 0.889 bits per heavy atom. The molecule has 0 N–H and O–H groups in total. The van der Waals surface area contributed by atoms with Crippen molar-refractivity contribution in [3.8, 4) is 0 Å². The molecule has 0 bridgehead atoms. The van der Waals surface area contributed by atoms with Crippen LogP contribution < -0.4 is 56.6 Å². The van der Waals surface area contributed by atoms with Gasteiger partial charge in [-0.1, -0.05) is 0 Å². The molecule has 3 heteroatoms. The maximum absolute atomic E-state index is 2.78. The van der Waals surface area contributed by atoms with Crippen molar-refractivity contribution < 1.29 is 56.6 Å². The van der Waals surface area contributed by atoms with Gasteiger partial charge >= 0.3 is 56.6 Å². The summed E-state index contributed by atoms with van der Waals surface area (Å²) in [5.74, 6) is 0. The van der Waals surface area contributed by atoms with Crippen LogP contribution in [0.3, 0.4) is 0 Å². The first-order valence-corrected chi connectivity index (χ1v) is 1.73. The Balaban J connectivity index is -0.000000120. The van der Waals surface area contributed by atoms with Gasteiger partial charge in [-0.25, -0.2) is 0 Å². The Kier molecular flexibility index (Phi) is 21.6. The molecule has 0 unspecified atom stereocenters. The number of hydrogen-bond donors (Lipinski definition) is 0. The monoisotopic (exact) mass is 96.1 g/mol. The van der Waals surface area contributed by atoms with Gasteiger partial charge in [-0.15, -0.1) is 0 Å². The minimum Gasteiger partial charge on any atom is -0.545 e. The second-order valence-corrected chi connectivity index (χ2v) is 0.933. The zero-order chi connectivity index (χ0) is 4.24. The molecule has 0 aromatic heterocycles. The van der Waals surface area contributed by atoms with Gasteiger partial charge in [0.25, 0.3) is 0 Å². The maximum atomic E-state index is 2.78. The van der Waals surface area contributed by atoms with Gasteiger partial charge in [-0.3, -0.25) is 0 Å². The van der Waals surface area contributed by atoms with Crippen LogP contribution in [0.4, 0.5) is 0 Å². The van der Waals surface area contributed by atoms with Gasteiger partial charge in [0.05, 0.1) is 0 Å². The van der Waals surface area contributed by atoms with Crippen molar-refractivity contribution in [2.45, 2.75) is 0 Å². The predicted molar refractivity (Wildman–Crippen MR) is 22.9 cm³/mol. The summed E-state index contributed by atoms with van der Waals surface area (Å²) in [6, 6.07) is 13.5. The molecule has 30 valence electrons. The molecular formula is C6H3Li3. The largest absolute Gasteiger partial charge is 1.00 e. The fourth-order valence-electron chi connectivity index (χ4n) is 0.269. The molecule has 0 aliphatic rings. The average molecular weight is 95.9 g/mol. The van der Waals surface area contributed by atoms with Gasteiger partial charge in [0.1, 0.15) is 0 Å². The van der Waals surface area contributed by atoms with E-state index in [1.807, 2.05) is 0 Å². The van der Waals surface area contributed by atoms with Crippen LogP contribution in [0.1, 0.15) is 0 Å². The van der Waals surface area contributed by atoms with Crippen molar-refractivity contribution in [2.24, 2.45) is 0 Å². The number of rotatable bonds is 0. The average Bonchev–Trinajstić information content (AvgIpc) is 1.72. The first kappa shape index (κ1) is 16.5. The minimum atomic E-state index is 0. The zero-order valence-corrected chi connectivity index (χ0v) is 6.23. The molecule has 0 aliphatic heterocycles. The van der Waals surface area contributed by atoms with Crippen LogP contribution in [0, 0.1) is 18.2 Å². The van der Waals surface area contributed by atoms with Gasteiger partial charge in [-0.05, 0) is 0 Å². The van der Waals surface area contributed by atoms with Crippen LogP contribution in [-0.4, -0.2) is 0 Å². The zero-order valence-electron chi connectivity index (χ0n) is 6.23. The van der Waals surface area contributed by atoms with Gasteiger partial charge < -0.3 is 36.4 Å². The van der Waals surface area contributed by atoms with E-state index in [1.165, 1.54) is 0 Å². The smallest absolute Gasteiger partial charge is 0.545 e. The van der Waals surface area contributed by atoms with Crippen LogP contribution in [0.5, 0.6) is 0 Å². The fourth-order valence-corrected chi connectivity index (χ4v) is 0.269. The summed E-state index contributed by atoms with van der Waals surface area (Å²) < 4.78 is 0. The molecule has 0 aliphatic carbocycles. The summed E-state index contributed by atoms with van der Waals surface area (Å²) in [7, 11) is 0. The molecular weight excluding hydrogens is 92.9 g/mol. The van der Waals surface area contributed by atoms with E-state index < -0.39 is 0 Å². The third-order valence-corrected chi connectivity index (χ3v) is 0.500. The van der Waals surface area contributed by atoms with E-state index >= 15 is 0 Å². The molecule has 0 saturated carbocycles. The number of benzene rings is 1. The Bertz CT molecular complexity index is 80.2. The summed E-state index contributed by atoms with van der Waals surface area (Å²) in [6.45, 7) is 0. The Morgan fingerprint density at radius 1 is 0.556 bits per heavy atom. The van der Waals surface area contributed by atoms with E-state index in [4.69, 9.17) is 0 Å². The van der Waals surface area contributed by atoms with Gasteiger partial charge in [-0.2, -0.15) is 0 Å². The standard InChI is InChI=1S/C6H3.3Li/c1-2-4-6-5-3-1;;;/h1,4-5H;;;/q-3;3*+1.